The SMILES string of the molecule is CC1C=CC2=C(C1)C1(c3ccccc3Oc3c(-c4cccc(-c5cccc(C6N=C(c7cccc(-c8ccccc8)c7)C=C(c7ccccc7)N6)c5)c4)cccc31)c1ccccc12. The smallest absolute Gasteiger partial charge is 0.145 e. The molecule has 3 heteroatoms. The summed E-state index contributed by atoms with van der Waals surface area (Å²) in [5.41, 5.74) is 19.6. The fourth-order valence-electron chi connectivity index (χ4n) is 10.5. The van der Waals surface area contributed by atoms with E-state index in [4.69, 9.17) is 9.73 Å². The Bertz CT molecular complexity index is 3230. The molecule has 2 aliphatic carbocycles. The molecule has 3 nitrogen and oxygen atoms in total. The zero-order chi connectivity index (χ0) is 41.9. The number of fused-ring (bicyclic) bond motifs is 8. The molecular formula is C60H44N2O. The first kappa shape index (κ1) is 37.0. The summed E-state index contributed by atoms with van der Waals surface area (Å²) in [6.07, 6.45) is 7.63. The van der Waals surface area contributed by atoms with Crippen LogP contribution in [-0.2, 0) is 5.41 Å². The van der Waals surface area contributed by atoms with Crippen LogP contribution in [0.25, 0.3) is 44.7 Å². The molecule has 0 bridgehead atoms. The van der Waals surface area contributed by atoms with Gasteiger partial charge in [0.15, 0.2) is 0 Å². The summed E-state index contributed by atoms with van der Waals surface area (Å²) in [5.74, 6) is 2.29. The van der Waals surface area contributed by atoms with E-state index in [1.807, 2.05) is 0 Å². The van der Waals surface area contributed by atoms with Crippen LogP contribution in [0.15, 0.2) is 229 Å². The number of hydrogen-bond donors (Lipinski definition) is 1. The van der Waals surface area contributed by atoms with E-state index in [1.165, 1.54) is 44.5 Å². The van der Waals surface area contributed by atoms with Gasteiger partial charge < -0.3 is 10.1 Å². The van der Waals surface area contributed by atoms with Gasteiger partial charge in [0.05, 0.1) is 11.1 Å². The molecule has 0 aromatic heterocycles. The molecule has 2 heterocycles. The molecule has 4 aliphatic rings. The van der Waals surface area contributed by atoms with Crippen molar-refractivity contribution in [2.24, 2.45) is 10.9 Å². The Morgan fingerprint density at radius 2 is 1.11 bits per heavy atom. The number of nitrogens with one attached hydrogen (secondary N) is 1. The first-order valence-electron chi connectivity index (χ1n) is 22.0. The van der Waals surface area contributed by atoms with Gasteiger partial charge in [-0.3, -0.25) is 4.99 Å². The highest BCUT2D eigenvalue weighted by Gasteiger charge is 2.52. The number of para-hydroxylation sites is 2. The van der Waals surface area contributed by atoms with Crippen molar-refractivity contribution in [2.75, 3.05) is 0 Å². The highest BCUT2D eigenvalue weighted by Crippen LogP contribution is 2.64. The van der Waals surface area contributed by atoms with Gasteiger partial charge in [-0.2, -0.15) is 0 Å². The third-order valence-corrected chi connectivity index (χ3v) is 13.3. The minimum Gasteiger partial charge on any atom is -0.456 e. The largest absolute Gasteiger partial charge is 0.456 e. The van der Waals surface area contributed by atoms with Gasteiger partial charge in [-0.25, -0.2) is 0 Å². The molecule has 12 rings (SSSR count). The molecular weight excluding hydrogens is 765 g/mol. The van der Waals surface area contributed by atoms with Gasteiger partial charge in [0, 0.05) is 28.0 Å². The van der Waals surface area contributed by atoms with Gasteiger partial charge in [-0.05, 0) is 104 Å². The summed E-state index contributed by atoms with van der Waals surface area (Å²) in [7, 11) is 0. The maximum absolute atomic E-state index is 7.07. The summed E-state index contributed by atoms with van der Waals surface area (Å²) >= 11 is 0. The van der Waals surface area contributed by atoms with Crippen molar-refractivity contribution in [3.8, 4) is 44.9 Å². The van der Waals surface area contributed by atoms with Gasteiger partial charge >= 0.3 is 0 Å². The quantitative estimate of drug-likeness (QED) is 0.182. The van der Waals surface area contributed by atoms with E-state index in [1.54, 1.807) is 0 Å². The minimum absolute atomic E-state index is 0.291. The van der Waals surface area contributed by atoms with E-state index in [2.05, 4.69) is 231 Å². The van der Waals surface area contributed by atoms with E-state index in [-0.39, 0.29) is 6.17 Å². The Kier molecular flexibility index (Phi) is 8.82. The number of ether oxygens (including phenoxy) is 1. The Balaban J connectivity index is 0.945. The zero-order valence-corrected chi connectivity index (χ0v) is 35.0. The first-order valence-corrected chi connectivity index (χ1v) is 22.0. The predicted molar refractivity (Wildman–Crippen MR) is 259 cm³/mol. The van der Waals surface area contributed by atoms with Crippen LogP contribution >= 0.6 is 0 Å². The molecule has 63 heavy (non-hydrogen) atoms. The molecule has 0 saturated carbocycles. The molecule has 300 valence electrons. The Morgan fingerprint density at radius 1 is 0.524 bits per heavy atom. The van der Waals surface area contributed by atoms with Gasteiger partial charge in [0.2, 0.25) is 0 Å². The molecule has 3 unspecified atom stereocenters. The van der Waals surface area contributed by atoms with Crippen molar-refractivity contribution >= 4 is 17.0 Å². The fourth-order valence-corrected chi connectivity index (χ4v) is 10.5. The average Bonchev–Trinajstić information content (AvgIpc) is 3.64. The molecule has 0 amide bonds. The number of rotatable bonds is 6. The second kappa shape index (κ2) is 15.0. The highest BCUT2D eigenvalue weighted by atomic mass is 16.5. The van der Waals surface area contributed by atoms with Crippen LogP contribution in [0, 0.1) is 5.92 Å². The first-order chi connectivity index (χ1) is 31.1. The number of hydrogen-bond acceptors (Lipinski definition) is 3. The second-order valence-corrected chi connectivity index (χ2v) is 17.1. The monoisotopic (exact) mass is 808 g/mol. The van der Waals surface area contributed by atoms with E-state index < -0.39 is 5.41 Å². The summed E-state index contributed by atoms with van der Waals surface area (Å²) in [4.78, 5) is 5.39. The Hall–Kier alpha value is -7.75. The van der Waals surface area contributed by atoms with Crippen LogP contribution < -0.4 is 10.1 Å². The summed E-state index contributed by atoms with van der Waals surface area (Å²) in [5, 5.41) is 3.79. The molecule has 0 saturated heterocycles. The molecule has 0 radical (unpaired) electrons. The topological polar surface area (TPSA) is 33.6 Å². The van der Waals surface area contributed by atoms with Gasteiger partial charge in [-0.15, -0.1) is 0 Å². The molecule has 0 fully saturated rings. The minimum atomic E-state index is -0.445. The third-order valence-electron chi connectivity index (χ3n) is 13.3. The molecule has 8 aromatic rings. The third kappa shape index (κ3) is 6.14. The maximum Gasteiger partial charge on any atom is 0.145 e. The van der Waals surface area contributed by atoms with Crippen molar-refractivity contribution in [1.29, 1.82) is 0 Å². The maximum atomic E-state index is 7.07. The highest BCUT2D eigenvalue weighted by molar-refractivity contribution is 6.13. The normalized spacial score (nSPS) is 19.2. The number of aliphatic imine (C=N–C) groups is 1. The number of allylic oxidation sites excluding steroid dienone is 5. The summed E-state index contributed by atoms with van der Waals surface area (Å²) < 4.78 is 7.07. The van der Waals surface area contributed by atoms with E-state index in [0.29, 0.717) is 5.92 Å². The number of benzene rings is 8. The van der Waals surface area contributed by atoms with Crippen LogP contribution in [0.5, 0.6) is 11.5 Å². The second-order valence-electron chi connectivity index (χ2n) is 17.1. The fraction of sp³-hybridized carbons (Fsp3) is 0.0833. The zero-order valence-electron chi connectivity index (χ0n) is 35.0. The van der Waals surface area contributed by atoms with E-state index >= 15 is 0 Å². The summed E-state index contributed by atoms with van der Waals surface area (Å²) in [6.45, 7) is 2.33. The molecule has 8 aromatic carbocycles. The standard InChI is InChI=1S/C60H44N2O/c1-39-32-33-50-49-26-8-9-28-51(49)60(54(50)34-39)52-29-10-11-31-57(52)63-58-48(27-15-30-53(58)60)45-23-12-21-43(35-45)44-22-14-25-47(37-44)59-61-55(41-18-6-3-7-19-41)38-56(62-59)46-24-13-20-42(36-46)40-16-4-2-5-17-40/h2-33,35-39,59,61H,34H2,1H3. The van der Waals surface area contributed by atoms with Crippen LogP contribution in [-0.4, -0.2) is 5.71 Å². The van der Waals surface area contributed by atoms with Crippen molar-refractivity contribution in [3.05, 3.63) is 263 Å². The van der Waals surface area contributed by atoms with Crippen molar-refractivity contribution in [2.45, 2.75) is 24.9 Å². The van der Waals surface area contributed by atoms with Crippen LogP contribution in [0.2, 0.25) is 0 Å². The lowest BCUT2D eigenvalue weighted by molar-refractivity contribution is 0.431. The van der Waals surface area contributed by atoms with Crippen LogP contribution in [0.1, 0.15) is 58.5 Å². The van der Waals surface area contributed by atoms with Crippen molar-refractivity contribution in [3.63, 3.8) is 0 Å². The average molecular weight is 809 g/mol. The molecule has 1 spiro atoms. The Morgan fingerprint density at radius 3 is 1.94 bits per heavy atom. The van der Waals surface area contributed by atoms with Gasteiger partial charge in [-0.1, -0.05) is 195 Å². The van der Waals surface area contributed by atoms with Crippen molar-refractivity contribution in [1.82, 2.24) is 5.32 Å². The van der Waals surface area contributed by atoms with Crippen LogP contribution in [0.3, 0.4) is 0 Å². The predicted octanol–water partition coefficient (Wildman–Crippen LogP) is 14.6. The molecule has 2 aliphatic heterocycles. The number of nitrogens with zero attached hydrogens (tertiary/aromatic N) is 1. The van der Waals surface area contributed by atoms with E-state index in [9.17, 15) is 0 Å². The molecule has 1 N–H and O–H groups in total. The summed E-state index contributed by atoms with van der Waals surface area (Å²) in [6, 6.07) is 72.0. The lowest BCUT2D eigenvalue weighted by atomic mass is 9.63. The van der Waals surface area contributed by atoms with Crippen molar-refractivity contribution < 1.29 is 4.74 Å². The lowest BCUT2D eigenvalue weighted by Crippen LogP contribution is -2.34. The van der Waals surface area contributed by atoms with E-state index in [0.717, 1.165) is 68.3 Å². The van der Waals surface area contributed by atoms with Gasteiger partial charge in [0.1, 0.15) is 17.7 Å². The van der Waals surface area contributed by atoms with Gasteiger partial charge in [0.25, 0.3) is 0 Å². The molecule has 3 atom stereocenters. The Labute approximate surface area is 369 Å². The lowest BCUT2D eigenvalue weighted by Gasteiger charge is -2.42. The van der Waals surface area contributed by atoms with Crippen LogP contribution in [0.4, 0.5) is 0 Å².